The van der Waals surface area contributed by atoms with Crippen molar-refractivity contribution < 1.29 is 24.6 Å². The van der Waals surface area contributed by atoms with Gasteiger partial charge in [-0.25, -0.2) is 4.90 Å². The van der Waals surface area contributed by atoms with Crippen LogP contribution in [0.3, 0.4) is 0 Å². The number of hydrogen-bond acceptors (Lipinski definition) is 5. The van der Waals surface area contributed by atoms with Crippen molar-refractivity contribution >= 4 is 29.1 Å². The maximum Gasteiger partial charge on any atom is 0.266 e. The van der Waals surface area contributed by atoms with E-state index >= 15 is 0 Å². The molecule has 3 aromatic rings. The Balaban J connectivity index is 1.64. The minimum Gasteiger partial charge on any atom is -0.508 e. The second-order valence-corrected chi connectivity index (χ2v) is 6.23. The van der Waals surface area contributed by atoms with Crippen LogP contribution in [0.4, 0.5) is 11.4 Å². The van der Waals surface area contributed by atoms with E-state index in [1.807, 2.05) is 0 Å². The number of fused-ring (bicyclic) bond motifs is 1. The number of carbonyl (C=O) groups excluding carboxylic acids is 3. The molecule has 0 bridgehead atoms. The largest absolute Gasteiger partial charge is 0.508 e. The van der Waals surface area contributed by atoms with Gasteiger partial charge in [-0.15, -0.1) is 0 Å². The summed E-state index contributed by atoms with van der Waals surface area (Å²) in [6.07, 6.45) is 0. The molecule has 138 valence electrons. The third-order valence-corrected chi connectivity index (χ3v) is 4.34. The fourth-order valence-electron chi connectivity index (χ4n) is 3.04. The number of hydrogen-bond donors (Lipinski definition) is 3. The first-order chi connectivity index (χ1) is 13.4. The molecule has 1 aliphatic rings. The highest BCUT2D eigenvalue weighted by atomic mass is 16.3. The smallest absolute Gasteiger partial charge is 0.266 e. The summed E-state index contributed by atoms with van der Waals surface area (Å²) in [5.41, 5.74) is 1.13. The van der Waals surface area contributed by atoms with Crippen LogP contribution in [0.15, 0.2) is 66.7 Å². The highest BCUT2D eigenvalue weighted by molar-refractivity contribution is 6.34. The number of phenols is 2. The summed E-state index contributed by atoms with van der Waals surface area (Å²) >= 11 is 0. The number of benzene rings is 3. The second-order valence-electron chi connectivity index (χ2n) is 6.23. The van der Waals surface area contributed by atoms with E-state index in [1.165, 1.54) is 54.6 Å². The van der Waals surface area contributed by atoms with Crippen molar-refractivity contribution in [3.63, 3.8) is 0 Å². The molecule has 0 aromatic heterocycles. The molecule has 0 radical (unpaired) electrons. The lowest BCUT2D eigenvalue weighted by atomic mass is 10.1. The van der Waals surface area contributed by atoms with Crippen molar-refractivity contribution in [2.75, 3.05) is 10.2 Å². The zero-order chi connectivity index (χ0) is 19.8. The van der Waals surface area contributed by atoms with E-state index in [4.69, 9.17) is 0 Å². The lowest BCUT2D eigenvalue weighted by Gasteiger charge is -2.13. The zero-order valence-corrected chi connectivity index (χ0v) is 14.4. The average Bonchev–Trinajstić information content (AvgIpc) is 2.92. The number of aromatic hydroxyl groups is 2. The number of amides is 3. The zero-order valence-electron chi connectivity index (χ0n) is 14.4. The van der Waals surface area contributed by atoms with E-state index in [0.717, 1.165) is 4.90 Å². The lowest BCUT2D eigenvalue weighted by Crippen LogP contribution is -2.29. The van der Waals surface area contributed by atoms with Gasteiger partial charge in [0.05, 0.1) is 16.8 Å². The first-order valence-corrected chi connectivity index (χ1v) is 8.36. The normalized spacial score (nSPS) is 12.8. The topological polar surface area (TPSA) is 107 Å². The number of nitrogens with one attached hydrogen (secondary N) is 1. The summed E-state index contributed by atoms with van der Waals surface area (Å²) in [7, 11) is 0. The average molecular weight is 374 g/mol. The molecular formula is C21H14N2O5. The molecule has 3 aromatic carbocycles. The first-order valence-electron chi connectivity index (χ1n) is 8.36. The molecular weight excluding hydrogens is 360 g/mol. The van der Waals surface area contributed by atoms with Crippen molar-refractivity contribution in [3.8, 4) is 11.5 Å². The summed E-state index contributed by atoms with van der Waals surface area (Å²) in [5, 5.41) is 21.7. The molecule has 7 nitrogen and oxygen atoms in total. The number of imide groups is 1. The van der Waals surface area contributed by atoms with Crippen molar-refractivity contribution in [2.24, 2.45) is 0 Å². The molecule has 0 saturated carbocycles. The van der Waals surface area contributed by atoms with Gasteiger partial charge in [-0.3, -0.25) is 14.4 Å². The standard InChI is InChI=1S/C21H14N2O5/c24-15-5-1-3-13(10-15)22-19(26)12-7-8-17-18(9-12)21(28)23(20(17)27)14-4-2-6-16(25)11-14/h1-11,24-25H,(H,22,26). The van der Waals surface area contributed by atoms with Crippen LogP contribution >= 0.6 is 0 Å². The van der Waals surface area contributed by atoms with E-state index in [1.54, 1.807) is 12.1 Å². The number of phenolic OH excluding ortho intramolecular Hbond substituents is 2. The Hall–Kier alpha value is -4.13. The summed E-state index contributed by atoms with van der Waals surface area (Å²) in [6, 6.07) is 16.1. The minimum atomic E-state index is -0.572. The van der Waals surface area contributed by atoms with Gasteiger partial charge in [0, 0.05) is 23.4 Å². The maximum absolute atomic E-state index is 12.8. The second kappa shape index (κ2) is 6.55. The van der Waals surface area contributed by atoms with Crippen molar-refractivity contribution in [1.82, 2.24) is 0 Å². The number of nitrogens with zero attached hydrogens (tertiary/aromatic N) is 1. The molecule has 0 aliphatic carbocycles. The fraction of sp³-hybridized carbons (Fsp3) is 0. The number of rotatable bonds is 3. The van der Waals surface area contributed by atoms with Crippen LogP contribution in [-0.2, 0) is 0 Å². The lowest BCUT2D eigenvalue weighted by molar-refractivity contribution is 0.0925. The van der Waals surface area contributed by atoms with Gasteiger partial charge in [0.2, 0.25) is 0 Å². The molecule has 3 amide bonds. The van der Waals surface area contributed by atoms with E-state index < -0.39 is 17.7 Å². The molecule has 0 spiro atoms. The van der Waals surface area contributed by atoms with Crippen LogP contribution in [-0.4, -0.2) is 27.9 Å². The van der Waals surface area contributed by atoms with Gasteiger partial charge >= 0.3 is 0 Å². The molecule has 0 unspecified atom stereocenters. The van der Waals surface area contributed by atoms with Crippen LogP contribution in [0.1, 0.15) is 31.1 Å². The molecule has 28 heavy (non-hydrogen) atoms. The van der Waals surface area contributed by atoms with Crippen LogP contribution in [0.5, 0.6) is 11.5 Å². The van der Waals surface area contributed by atoms with Gasteiger partial charge in [-0.1, -0.05) is 12.1 Å². The molecule has 0 atom stereocenters. The first kappa shape index (κ1) is 17.3. The van der Waals surface area contributed by atoms with Gasteiger partial charge in [-0.2, -0.15) is 0 Å². The van der Waals surface area contributed by atoms with Gasteiger partial charge < -0.3 is 15.5 Å². The molecule has 1 aliphatic heterocycles. The molecule has 7 heteroatoms. The predicted molar refractivity (Wildman–Crippen MR) is 102 cm³/mol. The molecule has 1 heterocycles. The third kappa shape index (κ3) is 2.95. The number of carbonyl (C=O) groups is 3. The van der Waals surface area contributed by atoms with E-state index in [-0.39, 0.29) is 33.9 Å². The monoisotopic (exact) mass is 374 g/mol. The highest BCUT2D eigenvalue weighted by Gasteiger charge is 2.37. The van der Waals surface area contributed by atoms with Crippen molar-refractivity contribution in [1.29, 1.82) is 0 Å². The van der Waals surface area contributed by atoms with Crippen molar-refractivity contribution in [3.05, 3.63) is 83.4 Å². The molecule has 4 rings (SSSR count). The summed E-state index contributed by atoms with van der Waals surface area (Å²) in [6.45, 7) is 0. The van der Waals surface area contributed by atoms with Gasteiger partial charge in [-0.05, 0) is 42.5 Å². The Morgan fingerprint density at radius 3 is 2.18 bits per heavy atom. The molecule has 3 N–H and O–H groups in total. The van der Waals surface area contributed by atoms with E-state index in [9.17, 15) is 24.6 Å². The third-order valence-electron chi connectivity index (χ3n) is 4.34. The summed E-state index contributed by atoms with van der Waals surface area (Å²) < 4.78 is 0. The van der Waals surface area contributed by atoms with Gasteiger partial charge in [0.15, 0.2) is 0 Å². The van der Waals surface area contributed by atoms with Crippen LogP contribution in [0, 0.1) is 0 Å². The maximum atomic E-state index is 12.8. The Kier molecular flexibility index (Phi) is 4.04. The Morgan fingerprint density at radius 1 is 0.786 bits per heavy atom. The van der Waals surface area contributed by atoms with Gasteiger partial charge in [0.25, 0.3) is 17.7 Å². The minimum absolute atomic E-state index is 0.00860. The van der Waals surface area contributed by atoms with Crippen LogP contribution in [0.2, 0.25) is 0 Å². The highest BCUT2D eigenvalue weighted by Crippen LogP contribution is 2.31. The van der Waals surface area contributed by atoms with Gasteiger partial charge in [0.1, 0.15) is 11.5 Å². The van der Waals surface area contributed by atoms with Crippen LogP contribution < -0.4 is 10.2 Å². The SMILES string of the molecule is O=C(Nc1cccc(O)c1)c1ccc2c(c1)C(=O)N(c1cccc(O)c1)C2=O. The van der Waals surface area contributed by atoms with E-state index in [2.05, 4.69) is 5.32 Å². The predicted octanol–water partition coefficient (Wildman–Crippen LogP) is 3.15. The number of anilines is 2. The van der Waals surface area contributed by atoms with E-state index in [0.29, 0.717) is 5.69 Å². The van der Waals surface area contributed by atoms with Crippen LogP contribution in [0.25, 0.3) is 0 Å². The Labute approximate surface area is 159 Å². The molecule has 0 fully saturated rings. The quantitative estimate of drug-likeness (QED) is 0.611. The summed E-state index contributed by atoms with van der Waals surface area (Å²) in [5.74, 6) is -1.64. The summed E-state index contributed by atoms with van der Waals surface area (Å²) in [4.78, 5) is 38.8. The van der Waals surface area contributed by atoms with Crippen molar-refractivity contribution in [2.45, 2.75) is 0 Å². The molecule has 0 saturated heterocycles. The Bertz CT molecular complexity index is 1140. The fourth-order valence-corrected chi connectivity index (χ4v) is 3.04. The Morgan fingerprint density at radius 2 is 1.46 bits per heavy atom.